The number of aliphatic hydroxyl groups is 1. The van der Waals surface area contributed by atoms with Gasteiger partial charge in [-0.15, -0.1) is 0 Å². The SMILES string of the molecule is COc1cc(C2=CC(O)N3C=C(N4CCN[C@@H](C)C4)C=CC3=N2)ccc1F. The van der Waals surface area contributed by atoms with Crippen molar-refractivity contribution in [1.82, 2.24) is 15.1 Å². The summed E-state index contributed by atoms with van der Waals surface area (Å²) >= 11 is 0. The van der Waals surface area contributed by atoms with Crippen LogP contribution in [-0.2, 0) is 0 Å². The Labute approximate surface area is 157 Å². The molecule has 1 saturated heterocycles. The predicted octanol–water partition coefficient (Wildman–Crippen LogP) is 1.91. The Balaban J connectivity index is 1.59. The van der Waals surface area contributed by atoms with E-state index in [0.29, 0.717) is 23.1 Å². The van der Waals surface area contributed by atoms with E-state index in [1.54, 1.807) is 23.1 Å². The molecule has 0 bridgehead atoms. The predicted molar refractivity (Wildman–Crippen MR) is 102 cm³/mol. The Hall–Kier alpha value is -2.64. The lowest BCUT2D eigenvalue weighted by Gasteiger charge is -2.38. The zero-order valence-electron chi connectivity index (χ0n) is 15.4. The summed E-state index contributed by atoms with van der Waals surface area (Å²) in [7, 11) is 1.42. The molecule has 1 aromatic carbocycles. The van der Waals surface area contributed by atoms with Crippen LogP contribution in [0.4, 0.5) is 4.39 Å². The van der Waals surface area contributed by atoms with E-state index in [9.17, 15) is 9.50 Å². The standard InChI is InChI=1S/C20H23FN4O2/c1-13-11-24(8-7-22-13)15-4-6-19-23-17(10-20(26)25(19)12-15)14-3-5-16(21)18(9-14)27-2/h3-6,9-10,12-13,20,22,26H,7-8,11H2,1-2H3/t13-,20?/m0/s1. The van der Waals surface area contributed by atoms with Crippen molar-refractivity contribution in [3.05, 3.63) is 59.7 Å². The fourth-order valence-electron chi connectivity index (χ4n) is 3.52. The van der Waals surface area contributed by atoms with Gasteiger partial charge in [0.05, 0.1) is 18.5 Å². The third-order valence-corrected chi connectivity index (χ3v) is 4.95. The molecular formula is C20H23FN4O2. The van der Waals surface area contributed by atoms with Crippen molar-refractivity contribution in [2.75, 3.05) is 26.7 Å². The van der Waals surface area contributed by atoms with E-state index in [1.807, 2.05) is 18.4 Å². The molecule has 0 spiro atoms. The first-order valence-corrected chi connectivity index (χ1v) is 9.04. The quantitative estimate of drug-likeness (QED) is 0.851. The summed E-state index contributed by atoms with van der Waals surface area (Å²) < 4.78 is 18.7. The number of piperazine rings is 1. The number of nitrogens with zero attached hydrogens (tertiary/aromatic N) is 3. The number of amidine groups is 1. The number of hydrogen-bond acceptors (Lipinski definition) is 6. The molecule has 0 radical (unpaired) electrons. The second-order valence-electron chi connectivity index (χ2n) is 6.88. The van der Waals surface area contributed by atoms with Crippen molar-refractivity contribution in [3.8, 4) is 5.75 Å². The highest BCUT2D eigenvalue weighted by Crippen LogP contribution is 2.29. The number of hydrogen-bond donors (Lipinski definition) is 2. The van der Waals surface area contributed by atoms with Crippen molar-refractivity contribution in [2.24, 2.45) is 4.99 Å². The lowest BCUT2D eigenvalue weighted by molar-refractivity contribution is 0.124. The lowest BCUT2D eigenvalue weighted by Crippen LogP contribution is -2.49. The molecule has 0 saturated carbocycles. The van der Waals surface area contributed by atoms with Crippen molar-refractivity contribution in [1.29, 1.82) is 0 Å². The van der Waals surface area contributed by atoms with Crippen LogP contribution in [-0.4, -0.2) is 59.8 Å². The molecule has 3 aliphatic heterocycles. The molecule has 4 rings (SSSR count). The van der Waals surface area contributed by atoms with Crippen molar-refractivity contribution in [2.45, 2.75) is 19.2 Å². The highest BCUT2D eigenvalue weighted by molar-refractivity contribution is 6.00. The van der Waals surface area contributed by atoms with Gasteiger partial charge >= 0.3 is 0 Å². The average Bonchev–Trinajstić information content (AvgIpc) is 2.68. The minimum atomic E-state index is -0.844. The summed E-state index contributed by atoms with van der Waals surface area (Å²) in [5.74, 6) is 0.373. The van der Waals surface area contributed by atoms with Gasteiger partial charge in [-0.05, 0) is 43.4 Å². The van der Waals surface area contributed by atoms with E-state index in [1.165, 1.54) is 13.2 Å². The maximum Gasteiger partial charge on any atom is 0.165 e. The topological polar surface area (TPSA) is 60.3 Å². The summed E-state index contributed by atoms with van der Waals surface area (Å²) in [6, 6.07) is 4.98. The monoisotopic (exact) mass is 370 g/mol. The minimum Gasteiger partial charge on any atom is -0.494 e. The van der Waals surface area contributed by atoms with Gasteiger partial charge < -0.3 is 25.0 Å². The fraction of sp³-hybridized carbons (Fsp3) is 0.350. The number of benzene rings is 1. The molecule has 0 aliphatic carbocycles. The van der Waals surface area contributed by atoms with Crippen LogP contribution in [0.1, 0.15) is 12.5 Å². The van der Waals surface area contributed by atoms with E-state index in [4.69, 9.17) is 4.74 Å². The van der Waals surface area contributed by atoms with Crippen molar-refractivity contribution in [3.63, 3.8) is 0 Å². The summed E-state index contributed by atoms with van der Waals surface area (Å²) in [6.07, 6.45) is 6.67. The molecule has 1 fully saturated rings. The van der Waals surface area contributed by atoms with Gasteiger partial charge in [-0.3, -0.25) is 0 Å². The largest absolute Gasteiger partial charge is 0.494 e. The number of allylic oxidation sites excluding steroid dienone is 1. The summed E-state index contributed by atoms with van der Waals surface area (Å²) in [6.45, 7) is 4.94. The van der Waals surface area contributed by atoms with Gasteiger partial charge in [0.15, 0.2) is 17.8 Å². The maximum absolute atomic E-state index is 13.7. The molecule has 27 heavy (non-hydrogen) atoms. The first kappa shape index (κ1) is 17.8. The number of fused-ring (bicyclic) bond motifs is 1. The maximum atomic E-state index is 13.7. The van der Waals surface area contributed by atoms with Gasteiger partial charge in [0, 0.05) is 37.4 Å². The molecular weight excluding hydrogens is 347 g/mol. The van der Waals surface area contributed by atoms with Crippen molar-refractivity contribution >= 4 is 11.5 Å². The number of halogens is 1. The molecule has 7 heteroatoms. The summed E-state index contributed by atoms with van der Waals surface area (Å²) in [5, 5.41) is 14.1. The van der Waals surface area contributed by atoms with E-state index in [-0.39, 0.29) is 5.75 Å². The Bertz CT molecular complexity index is 862. The van der Waals surface area contributed by atoms with E-state index < -0.39 is 12.0 Å². The van der Waals surface area contributed by atoms with Gasteiger partial charge in [-0.25, -0.2) is 9.38 Å². The Morgan fingerprint density at radius 2 is 2.19 bits per heavy atom. The van der Waals surface area contributed by atoms with Crippen LogP contribution in [0.3, 0.4) is 0 Å². The molecule has 3 heterocycles. The normalized spacial score (nSPS) is 24.8. The number of aliphatic imine (C=N–C) groups is 1. The van der Waals surface area contributed by atoms with Crippen LogP contribution in [0.25, 0.3) is 5.70 Å². The number of methoxy groups -OCH3 is 1. The molecule has 6 nitrogen and oxygen atoms in total. The zero-order valence-corrected chi connectivity index (χ0v) is 15.4. The highest BCUT2D eigenvalue weighted by atomic mass is 19.1. The summed E-state index contributed by atoms with van der Waals surface area (Å²) in [4.78, 5) is 8.67. The van der Waals surface area contributed by atoms with Gasteiger partial charge in [-0.1, -0.05) is 0 Å². The third-order valence-electron chi connectivity index (χ3n) is 4.95. The molecule has 142 valence electrons. The molecule has 1 aromatic rings. The Morgan fingerprint density at radius 1 is 1.33 bits per heavy atom. The van der Waals surface area contributed by atoms with Crippen LogP contribution in [0.15, 0.2) is 53.3 Å². The zero-order chi connectivity index (χ0) is 19.0. The van der Waals surface area contributed by atoms with Crippen LogP contribution < -0.4 is 10.1 Å². The van der Waals surface area contributed by atoms with E-state index in [0.717, 1.165) is 25.3 Å². The van der Waals surface area contributed by atoms with Gasteiger partial charge in [-0.2, -0.15) is 0 Å². The second-order valence-corrected chi connectivity index (χ2v) is 6.88. The molecule has 2 N–H and O–H groups in total. The minimum absolute atomic E-state index is 0.153. The third kappa shape index (κ3) is 3.48. The molecule has 2 atom stereocenters. The number of ether oxygens (including phenoxy) is 1. The van der Waals surface area contributed by atoms with Gasteiger partial charge in [0.2, 0.25) is 0 Å². The Morgan fingerprint density at radius 3 is 2.96 bits per heavy atom. The van der Waals surface area contributed by atoms with Crippen LogP contribution >= 0.6 is 0 Å². The van der Waals surface area contributed by atoms with Crippen LogP contribution in [0.5, 0.6) is 5.75 Å². The fourth-order valence-corrected chi connectivity index (χ4v) is 3.52. The van der Waals surface area contributed by atoms with Gasteiger partial charge in [0.1, 0.15) is 5.84 Å². The highest BCUT2D eigenvalue weighted by Gasteiger charge is 2.26. The number of nitrogens with one attached hydrogen (secondary N) is 1. The van der Waals surface area contributed by atoms with Crippen LogP contribution in [0, 0.1) is 5.82 Å². The first-order valence-electron chi connectivity index (χ1n) is 9.04. The van der Waals surface area contributed by atoms with Crippen molar-refractivity contribution < 1.29 is 14.2 Å². The number of aliphatic hydroxyl groups excluding tert-OH is 1. The average molecular weight is 370 g/mol. The first-order chi connectivity index (χ1) is 13.0. The second kappa shape index (κ2) is 7.17. The van der Waals surface area contributed by atoms with Crippen LogP contribution in [0.2, 0.25) is 0 Å². The van der Waals surface area contributed by atoms with Gasteiger partial charge in [0.25, 0.3) is 0 Å². The molecule has 0 amide bonds. The van der Waals surface area contributed by atoms with E-state index in [2.05, 4.69) is 22.1 Å². The number of rotatable bonds is 3. The lowest BCUT2D eigenvalue weighted by atomic mass is 10.1. The Kier molecular flexibility index (Phi) is 4.72. The molecule has 3 aliphatic rings. The van der Waals surface area contributed by atoms with E-state index >= 15 is 0 Å². The summed E-state index contributed by atoms with van der Waals surface area (Å²) in [5.41, 5.74) is 2.34. The molecule has 0 aromatic heterocycles. The smallest absolute Gasteiger partial charge is 0.165 e. The molecule has 1 unspecified atom stereocenters.